The van der Waals surface area contributed by atoms with E-state index in [1.807, 2.05) is 29.2 Å². The number of carbonyl (C=O) groups is 1. The molecule has 1 saturated carbocycles. The number of amides is 1. The Balaban J connectivity index is 1.49. The van der Waals surface area contributed by atoms with Gasteiger partial charge in [0.25, 0.3) is 5.91 Å². The number of nitrogens with one attached hydrogen (secondary N) is 2. The molecule has 7 N–H and O–H groups in total. The van der Waals surface area contributed by atoms with Crippen molar-refractivity contribution < 1.29 is 18.3 Å². The van der Waals surface area contributed by atoms with E-state index < -0.39 is 22.4 Å². The minimum atomic E-state index is -2.04. The fraction of sp³-hybridized carbons (Fsp3) is 0.476. The Kier molecular flexibility index (Phi) is 7.38. The summed E-state index contributed by atoms with van der Waals surface area (Å²) in [5.74, 6) is 0.0588. The van der Waals surface area contributed by atoms with Crippen LogP contribution >= 0.6 is 0 Å². The number of anilines is 4. The van der Waals surface area contributed by atoms with E-state index in [1.54, 1.807) is 0 Å². The number of hydrogen-bond acceptors (Lipinski definition) is 9. The zero-order chi connectivity index (χ0) is 23.4. The van der Waals surface area contributed by atoms with E-state index in [0.717, 1.165) is 31.4 Å². The van der Waals surface area contributed by atoms with Crippen LogP contribution in [0, 0.1) is 0 Å². The van der Waals surface area contributed by atoms with Crippen LogP contribution in [0.4, 0.5) is 23.1 Å². The maximum absolute atomic E-state index is 11.9. The first-order valence-electron chi connectivity index (χ1n) is 10.9. The predicted molar refractivity (Wildman–Crippen MR) is 127 cm³/mol. The van der Waals surface area contributed by atoms with Crippen LogP contribution in [-0.4, -0.2) is 61.9 Å². The number of nitrogens with zero attached hydrogens (tertiary/aromatic N) is 3. The Hall–Kier alpha value is -2.80. The summed E-state index contributed by atoms with van der Waals surface area (Å²) in [6, 6.07) is 7.56. The summed E-state index contributed by atoms with van der Waals surface area (Å²) >= 11 is -2.04. The molecule has 178 valence electrons. The molecule has 1 aromatic carbocycles. The van der Waals surface area contributed by atoms with Crippen LogP contribution in [0.3, 0.4) is 0 Å². The molecule has 1 aromatic heterocycles. The van der Waals surface area contributed by atoms with E-state index >= 15 is 0 Å². The Morgan fingerprint density at radius 1 is 1.24 bits per heavy atom. The van der Waals surface area contributed by atoms with Crippen molar-refractivity contribution in [3.8, 4) is 0 Å². The first-order chi connectivity index (χ1) is 15.9. The lowest BCUT2D eigenvalue weighted by Crippen LogP contribution is -2.44. The Morgan fingerprint density at radius 2 is 2.00 bits per heavy atom. The zero-order valence-electron chi connectivity index (χ0n) is 18.1. The fourth-order valence-electron chi connectivity index (χ4n) is 4.10. The lowest BCUT2D eigenvalue weighted by Gasteiger charge is -2.32. The Labute approximate surface area is 194 Å². The van der Waals surface area contributed by atoms with Crippen LogP contribution < -0.4 is 27.0 Å². The summed E-state index contributed by atoms with van der Waals surface area (Å²) < 4.78 is 26.0. The van der Waals surface area contributed by atoms with E-state index in [-0.39, 0.29) is 17.6 Å². The monoisotopic (exact) mass is 475 g/mol. The van der Waals surface area contributed by atoms with Crippen molar-refractivity contribution in [3.05, 3.63) is 36.0 Å². The number of ether oxygens (including phenoxy) is 1. The van der Waals surface area contributed by atoms with Gasteiger partial charge in [0.05, 0.1) is 13.2 Å². The van der Waals surface area contributed by atoms with Gasteiger partial charge in [0.1, 0.15) is 11.4 Å². The van der Waals surface area contributed by atoms with Crippen LogP contribution in [0.25, 0.3) is 0 Å². The van der Waals surface area contributed by atoms with Crippen molar-refractivity contribution in [1.82, 2.24) is 9.97 Å². The second kappa shape index (κ2) is 10.4. The third kappa shape index (κ3) is 5.77. The number of nitrogens with two attached hydrogens (primary N) is 2. The molecule has 1 amide bonds. The minimum absolute atomic E-state index is 0.0326. The van der Waals surface area contributed by atoms with Gasteiger partial charge in [-0.25, -0.2) is 9.19 Å². The Bertz CT molecular complexity index is 1010. The highest BCUT2D eigenvalue weighted by Crippen LogP contribution is 2.25. The SMILES string of the molecule is NC(=O)c1cnc(NC2CCCCC2N)nc1Nc1ccc(N2CCOC(S(=O)O)C2)cc1. The summed E-state index contributed by atoms with van der Waals surface area (Å²) in [6.45, 7) is 1.32. The number of aromatic nitrogens is 2. The molecule has 4 unspecified atom stereocenters. The van der Waals surface area contributed by atoms with Crippen molar-refractivity contribution in [3.63, 3.8) is 0 Å². The number of primary amides is 1. The van der Waals surface area contributed by atoms with Crippen LogP contribution in [0.5, 0.6) is 0 Å². The van der Waals surface area contributed by atoms with Crippen LogP contribution in [0.1, 0.15) is 36.0 Å². The number of benzene rings is 1. The van der Waals surface area contributed by atoms with Crippen molar-refractivity contribution in [2.45, 2.75) is 43.2 Å². The van der Waals surface area contributed by atoms with Gasteiger partial charge in [0.2, 0.25) is 5.95 Å². The van der Waals surface area contributed by atoms with Gasteiger partial charge in [-0.05, 0) is 37.1 Å². The molecule has 2 fully saturated rings. The van der Waals surface area contributed by atoms with Gasteiger partial charge in [-0.3, -0.25) is 4.79 Å². The third-order valence-corrected chi connectivity index (χ3v) is 6.68. The normalized spacial score (nSPS) is 24.2. The molecule has 2 heterocycles. The first-order valence-corrected chi connectivity index (χ1v) is 12.1. The zero-order valence-corrected chi connectivity index (χ0v) is 19.0. The smallest absolute Gasteiger partial charge is 0.254 e. The molecule has 2 aromatic rings. The van der Waals surface area contributed by atoms with Crippen LogP contribution in [0.15, 0.2) is 30.5 Å². The van der Waals surface area contributed by atoms with E-state index in [2.05, 4.69) is 20.6 Å². The number of hydrogen-bond donors (Lipinski definition) is 5. The predicted octanol–water partition coefficient (Wildman–Crippen LogP) is 1.39. The highest BCUT2D eigenvalue weighted by Gasteiger charge is 2.25. The van der Waals surface area contributed by atoms with Crippen molar-refractivity contribution in [2.24, 2.45) is 11.5 Å². The van der Waals surface area contributed by atoms with Crippen LogP contribution in [0.2, 0.25) is 0 Å². The average molecular weight is 476 g/mol. The molecular formula is C21H29N7O4S. The average Bonchev–Trinajstić information content (AvgIpc) is 2.81. The number of carbonyl (C=O) groups excluding carboxylic acids is 1. The van der Waals surface area contributed by atoms with Crippen LogP contribution in [-0.2, 0) is 15.8 Å². The summed E-state index contributed by atoms with van der Waals surface area (Å²) in [5.41, 5.74) is 12.8. The van der Waals surface area contributed by atoms with E-state index in [9.17, 15) is 13.6 Å². The molecule has 0 bridgehead atoms. The molecule has 4 rings (SSSR count). The van der Waals surface area contributed by atoms with E-state index in [0.29, 0.717) is 37.1 Å². The highest BCUT2D eigenvalue weighted by atomic mass is 32.2. The summed E-state index contributed by atoms with van der Waals surface area (Å²) in [4.78, 5) is 22.6. The van der Waals surface area contributed by atoms with Gasteiger partial charge in [0.15, 0.2) is 16.5 Å². The molecule has 11 nitrogen and oxygen atoms in total. The molecule has 1 aliphatic heterocycles. The molecule has 1 aliphatic carbocycles. The van der Waals surface area contributed by atoms with Crippen molar-refractivity contribution >= 4 is 40.1 Å². The molecular weight excluding hydrogens is 446 g/mol. The minimum Gasteiger partial charge on any atom is -0.366 e. The second-order valence-corrected chi connectivity index (χ2v) is 9.29. The number of morpholine rings is 1. The number of rotatable bonds is 7. The van der Waals surface area contributed by atoms with Gasteiger partial charge in [-0.15, -0.1) is 0 Å². The lowest BCUT2D eigenvalue weighted by atomic mass is 9.91. The largest absolute Gasteiger partial charge is 0.366 e. The van der Waals surface area contributed by atoms with Gasteiger partial charge >= 0.3 is 0 Å². The quantitative estimate of drug-likeness (QED) is 0.369. The molecule has 0 radical (unpaired) electrons. The lowest BCUT2D eigenvalue weighted by molar-refractivity contribution is 0.0903. The second-order valence-electron chi connectivity index (χ2n) is 8.21. The summed E-state index contributed by atoms with van der Waals surface area (Å²) in [5, 5.41) is 6.43. The highest BCUT2D eigenvalue weighted by molar-refractivity contribution is 7.79. The van der Waals surface area contributed by atoms with E-state index in [1.165, 1.54) is 6.20 Å². The van der Waals surface area contributed by atoms with Gasteiger partial charge in [0, 0.05) is 36.2 Å². The van der Waals surface area contributed by atoms with Crippen molar-refractivity contribution in [2.75, 3.05) is 35.2 Å². The van der Waals surface area contributed by atoms with Gasteiger partial charge in [-0.1, -0.05) is 12.8 Å². The maximum atomic E-state index is 11.9. The fourth-order valence-corrected chi connectivity index (χ4v) is 4.62. The molecule has 33 heavy (non-hydrogen) atoms. The molecule has 1 saturated heterocycles. The maximum Gasteiger partial charge on any atom is 0.254 e. The standard InChI is InChI=1S/C21H29N7O4S/c22-16-3-1-2-4-17(16)26-21-24-11-15(19(23)29)20(27-21)25-13-5-7-14(8-6-13)28-9-10-32-18(12-28)33(30)31/h5-8,11,16-18H,1-4,9-10,12,22H2,(H2,23,29)(H,30,31)(H2,24,25,26,27). The van der Waals surface area contributed by atoms with Gasteiger partial charge in [-0.2, -0.15) is 4.98 Å². The molecule has 12 heteroatoms. The first kappa shape index (κ1) is 23.4. The molecule has 4 atom stereocenters. The Morgan fingerprint density at radius 3 is 2.70 bits per heavy atom. The van der Waals surface area contributed by atoms with E-state index in [4.69, 9.17) is 16.2 Å². The summed E-state index contributed by atoms with van der Waals surface area (Å²) in [7, 11) is 0. The molecule has 2 aliphatic rings. The van der Waals surface area contributed by atoms with Crippen molar-refractivity contribution in [1.29, 1.82) is 0 Å². The third-order valence-electron chi connectivity index (χ3n) is 5.94. The molecule has 0 spiro atoms. The van der Waals surface area contributed by atoms with Gasteiger partial charge < -0.3 is 36.3 Å². The topological polar surface area (TPSA) is 169 Å². The summed E-state index contributed by atoms with van der Waals surface area (Å²) in [6.07, 6.45) is 5.52.